The number of hydrogen-bond donors (Lipinski definition) is 2. The number of nitrogens with two attached hydrogens (primary N) is 1. The number of benzene rings is 1. The summed E-state index contributed by atoms with van der Waals surface area (Å²) in [5.74, 6) is 5.64. The summed E-state index contributed by atoms with van der Waals surface area (Å²) in [6.07, 6.45) is 0. The van der Waals surface area contributed by atoms with Crippen molar-refractivity contribution in [1.29, 1.82) is 0 Å². The van der Waals surface area contributed by atoms with Crippen molar-refractivity contribution in [1.82, 2.24) is 10.3 Å². The summed E-state index contributed by atoms with van der Waals surface area (Å²) in [6, 6.07) is 13.7. The molecule has 1 aromatic heterocycles. The van der Waals surface area contributed by atoms with E-state index in [9.17, 15) is 4.79 Å². The molecule has 0 bridgehead atoms. The summed E-state index contributed by atoms with van der Waals surface area (Å²) in [7, 11) is 0. The van der Waals surface area contributed by atoms with Crippen LogP contribution in [-0.2, 0) is 13.1 Å². The number of nitrogens with one attached hydrogen (secondary N) is 1. The summed E-state index contributed by atoms with van der Waals surface area (Å²) in [4.78, 5) is 13.6. The van der Waals surface area contributed by atoms with Crippen LogP contribution in [0.3, 0.4) is 0 Å². The zero-order valence-corrected chi connectivity index (χ0v) is 11.5. The minimum Gasteiger partial charge on any atom is -0.455 e. The maximum absolute atomic E-state index is 11.3. The maximum Gasteiger partial charge on any atom is 0.300 e. The second kappa shape index (κ2) is 6.88. The molecule has 0 unspecified atom stereocenters. The van der Waals surface area contributed by atoms with Gasteiger partial charge in [-0.15, -0.1) is 0 Å². The molecule has 0 aliphatic rings. The molecule has 1 aromatic carbocycles. The molecule has 2 aromatic rings. The van der Waals surface area contributed by atoms with Gasteiger partial charge >= 0.3 is 5.91 Å². The summed E-state index contributed by atoms with van der Waals surface area (Å²) < 4.78 is 5.47. The second-order valence-electron chi connectivity index (χ2n) is 4.53. The van der Waals surface area contributed by atoms with Gasteiger partial charge in [-0.2, -0.15) is 0 Å². The van der Waals surface area contributed by atoms with Crippen molar-refractivity contribution in [3.05, 3.63) is 59.5 Å². The van der Waals surface area contributed by atoms with Gasteiger partial charge in [0.1, 0.15) is 5.76 Å². The molecule has 5 nitrogen and oxygen atoms in total. The molecule has 0 saturated carbocycles. The summed E-state index contributed by atoms with van der Waals surface area (Å²) in [5, 5.41) is 0. The van der Waals surface area contributed by atoms with Gasteiger partial charge in [0.2, 0.25) is 0 Å². The molecule has 0 aliphatic carbocycles. The lowest BCUT2D eigenvalue weighted by molar-refractivity contribution is 0.0922. The fourth-order valence-electron chi connectivity index (χ4n) is 2.00. The lowest BCUT2D eigenvalue weighted by atomic mass is 10.2. The number of carbonyl (C=O) groups is 1. The lowest BCUT2D eigenvalue weighted by Crippen LogP contribution is -2.29. The van der Waals surface area contributed by atoms with Crippen LogP contribution in [0.5, 0.6) is 0 Å². The van der Waals surface area contributed by atoms with E-state index in [4.69, 9.17) is 10.3 Å². The van der Waals surface area contributed by atoms with E-state index in [1.165, 1.54) is 5.56 Å². The minimum absolute atomic E-state index is 0.235. The van der Waals surface area contributed by atoms with Crippen molar-refractivity contribution < 1.29 is 9.21 Å². The molecular weight excluding hydrogens is 254 g/mol. The van der Waals surface area contributed by atoms with Gasteiger partial charge in [0.15, 0.2) is 5.76 Å². The zero-order valence-electron chi connectivity index (χ0n) is 11.5. The van der Waals surface area contributed by atoms with E-state index in [-0.39, 0.29) is 5.76 Å². The average molecular weight is 273 g/mol. The first kappa shape index (κ1) is 14.3. The highest BCUT2D eigenvalue weighted by atomic mass is 16.4. The molecule has 1 amide bonds. The third-order valence-electron chi connectivity index (χ3n) is 3.09. The smallest absolute Gasteiger partial charge is 0.300 e. The Labute approximate surface area is 118 Å². The zero-order chi connectivity index (χ0) is 14.4. The number of furan rings is 1. The molecule has 106 valence electrons. The Hall–Kier alpha value is -2.11. The summed E-state index contributed by atoms with van der Waals surface area (Å²) >= 11 is 0. The lowest BCUT2D eigenvalue weighted by Gasteiger charge is -2.19. The molecule has 0 aliphatic heterocycles. The van der Waals surface area contributed by atoms with E-state index < -0.39 is 5.91 Å². The number of amides is 1. The summed E-state index contributed by atoms with van der Waals surface area (Å²) in [6.45, 7) is 4.49. The van der Waals surface area contributed by atoms with Gasteiger partial charge in [-0.25, -0.2) is 5.84 Å². The Morgan fingerprint density at radius 1 is 1.20 bits per heavy atom. The normalized spacial score (nSPS) is 10.8. The van der Waals surface area contributed by atoms with Crippen LogP contribution >= 0.6 is 0 Å². The largest absolute Gasteiger partial charge is 0.455 e. The number of hydrogen-bond acceptors (Lipinski definition) is 4. The molecule has 1 heterocycles. The maximum atomic E-state index is 11.3. The predicted molar refractivity (Wildman–Crippen MR) is 76.6 cm³/mol. The quantitative estimate of drug-likeness (QED) is 0.479. The van der Waals surface area contributed by atoms with Crippen LogP contribution in [0, 0.1) is 0 Å². The van der Waals surface area contributed by atoms with Gasteiger partial charge in [0.25, 0.3) is 0 Å². The van der Waals surface area contributed by atoms with E-state index in [0.717, 1.165) is 18.8 Å². The van der Waals surface area contributed by atoms with Crippen molar-refractivity contribution >= 4 is 5.91 Å². The number of rotatable bonds is 6. The standard InChI is InChI=1S/C15H19N3O2/c1-2-18(10-12-6-4-3-5-7-12)11-13-8-9-14(20-13)15(19)17-16/h3-9H,2,10-11,16H2,1H3,(H,17,19). The van der Waals surface area contributed by atoms with Crippen LogP contribution in [-0.4, -0.2) is 17.4 Å². The number of nitrogens with zero attached hydrogens (tertiary/aromatic N) is 1. The van der Waals surface area contributed by atoms with Crippen molar-refractivity contribution in [3.8, 4) is 0 Å². The van der Waals surface area contributed by atoms with Crippen LogP contribution in [0.25, 0.3) is 0 Å². The Kier molecular flexibility index (Phi) is 4.92. The van der Waals surface area contributed by atoms with Crippen molar-refractivity contribution in [2.24, 2.45) is 5.84 Å². The van der Waals surface area contributed by atoms with Gasteiger partial charge in [-0.3, -0.25) is 15.1 Å². The van der Waals surface area contributed by atoms with Crippen LogP contribution in [0.2, 0.25) is 0 Å². The van der Waals surface area contributed by atoms with Gasteiger partial charge in [0, 0.05) is 6.54 Å². The Bertz CT molecular complexity index is 551. The van der Waals surface area contributed by atoms with E-state index in [0.29, 0.717) is 6.54 Å². The highest BCUT2D eigenvalue weighted by Gasteiger charge is 2.12. The molecule has 0 spiro atoms. The van der Waals surface area contributed by atoms with Crippen LogP contribution in [0.1, 0.15) is 28.8 Å². The SMILES string of the molecule is CCN(Cc1ccccc1)Cc1ccc(C(=O)NN)o1. The molecule has 5 heteroatoms. The first-order valence-electron chi connectivity index (χ1n) is 6.59. The van der Waals surface area contributed by atoms with Crippen molar-refractivity contribution in [3.63, 3.8) is 0 Å². The molecule has 2 rings (SSSR count). The highest BCUT2D eigenvalue weighted by molar-refractivity contribution is 5.90. The van der Waals surface area contributed by atoms with Gasteiger partial charge in [0.05, 0.1) is 6.54 Å². The second-order valence-corrected chi connectivity index (χ2v) is 4.53. The van der Waals surface area contributed by atoms with E-state index in [1.807, 2.05) is 18.2 Å². The fourth-order valence-corrected chi connectivity index (χ4v) is 2.00. The molecule has 3 N–H and O–H groups in total. The highest BCUT2D eigenvalue weighted by Crippen LogP contribution is 2.13. The third-order valence-corrected chi connectivity index (χ3v) is 3.09. The van der Waals surface area contributed by atoms with Gasteiger partial charge in [-0.1, -0.05) is 37.3 Å². The number of nitrogen functional groups attached to an aromatic ring is 1. The van der Waals surface area contributed by atoms with E-state index in [1.54, 1.807) is 12.1 Å². The van der Waals surface area contributed by atoms with Crippen LogP contribution in [0.15, 0.2) is 46.9 Å². The van der Waals surface area contributed by atoms with Gasteiger partial charge < -0.3 is 4.42 Å². The molecule has 20 heavy (non-hydrogen) atoms. The van der Waals surface area contributed by atoms with Gasteiger partial charge in [-0.05, 0) is 24.2 Å². The Morgan fingerprint density at radius 2 is 1.95 bits per heavy atom. The van der Waals surface area contributed by atoms with Crippen molar-refractivity contribution in [2.45, 2.75) is 20.0 Å². The Balaban J connectivity index is 1.99. The molecule has 0 atom stereocenters. The molecular formula is C15H19N3O2. The first-order valence-corrected chi connectivity index (χ1v) is 6.59. The average Bonchev–Trinajstić information content (AvgIpc) is 2.95. The van der Waals surface area contributed by atoms with Crippen LogP contribution < -0.4 is 11.3 Å². The van der Waals surface area contributed by atoms with E-state index in [2.05, 4.69) is 29.4 Å². The predicted octanol–water partition coefficient (Wildman–Crippen LogP) is 1.91. The summed E-state index contributed by atoms with van der Waals surface area (Å²) in [5.41, 5.74) is 3.31. The molecule has 0 fully saturated rings. The fraction of sp³-hybridized carbons (Fsp3) is 0.267. The third kappa shape index (κ3) is 3.69. The number of hydrazine groups is 1. The Morgan fingerprint density at radius 3 is 2.60 bits per heavy atom. The molecule has 0 saturated heterocycles. The van der Waals surface area contributed by atoms with Crippen LogP contribution in [0.4, 0.5) is 0 Å². The molecule has 0 radical (unpaired) electrons. The van der Waals surface area contributed by atoms with Crippen molar-refractivity contribution in [2.75, 3.05) is 6.54 Å². The topological polar surface area (TPSA) is 71.5 Å². The van der Waals surface area contributed by atoms with E-state index >= 15 is 0 Å². The first-order chi connectivity index (χ1) is 9.72. The monoisotopic (exact) mass is 273 g/mol. The minimum atomic E-state index is -0.414. The number of carbonyl (C=O) groups excluding carboxylic acids is 1.